The molecule has 0 unspecified atom stereocenters. The van der Waals surface area contributed by atoms with Gasteiger partial charge in [-0.15, -0.1) is 0 Å². The average Bonchev–Trinajstić information content (AvgIpc) is 3.42. The lowest BCUT2D eigenvalue weighted by Gasteiger charge is -2.31. The fourth-order valence-electron chi connectivity index (χ4n) is 3.71. The number of likely N-dealkylation sites (tertiary alicyclic amines) is 1. The van der Waals surface area contributed by atoms with Crippen LogP contribution in [0.4, 0.5) is 0 Å². The molecular formula is C23H21N3O3S. The fourth-order valence-corrected chi connectivity index (χ4v) is 4.67. The van der Waals surface area contributed by atoms with Crippen molar-refractivity contribution in [3.8, 4) is 16.5 Å². The van der Waals surface area contributed by atoms with Gasteiger partial charge in [-0.1, -0.05) is 59.0 Å². The maximum Gasteiger partial charge on any atom is 0.276 e. The van der Waals surface area contributed by atoms with Crippen LogP contribution in [0.2, 0.25) is 0 Å². The summed E-state index contributed by atoms with van der Waals surface area (Å²) in [6, 6.07) is 17.5. The van der Waals surface area contributed by atoms with Crippen molar-refractivity contribution >= 4 is 27.5 Å². The topological polar surface area (TPSA) is 68.5 Å². The molecule has 0 saturated carbocycles. The normalized spacial score (nSPS) is 14.9. The molecule has 0 bridgehead atoms. The van der Waals surface area contributed by atoms with Crippen LogP contribution in [-0.4, -0.2) is 40.1 Å². The van der Waals surface area contributed by atoms with Gasteiger partial charge >= 0.3 is 0 Å². The Morgan fingerprint density at radius 1 is 1.13 bits per heavy atom. The predicted octanol–water partition coefficient (Wildman–Crippen LogP) is 4.94. The predicted molar refractivity (Wildman–Crippen MR) is 116 cm³/mol. The summed E-state index contributed by atoms with van der Waals surface area (Å²) in [6.45, 7) is 3.31. The van der Waals surface area contributed by atoms with Crippen LogP contribution in [0.25, 0.3) is 21.5 Å². The molecule has 3 heterocycles. The van der Waals surface area contributed by atoms with Crippen LogP contribution >= 0.6 is 11.3 Å². The van der Waals surface area contributed by atoms with Crippen molar-refractivity contribution in [2.45, 2.75) is 25.9 Å². The monoisotopic (exact) mass is 419 g/mol. The van der Waals surface area contributed by atoms with Crippen molar-refractivity contribution in [2.75, 3.05) is 13.1 Å². The number of fused-ring (bicyclic) bond motifs is 1. The molecule has 152 valence electrons. The van der Waals surface area contributed by atoms with Gasteiger partial charge in [-0.05, 0) is 18.6 Å². The van der Waals surface area contributed by atoms with Crippen LogP contribution in [0.3, 0.4) is 0 Å². The second-order valence-corrected chi connectivity index (χ2v) is 8.45. The zero-order valence-corrected chi connectivity index (χ0v) is 17.4. The largest absolute Gasteiger partial charge is 0.467 e. The number of carbonyl (C=O) groups excluding carboxylic acids is 1. The van der Waals surface area contributed by atoms with E-state index in [4.69, 9.17) is 9.26 Å². The summed E-state index contributed by atoms with van der Waals surface area (Å²) in [7, 11) is 0. The van der Waals surface area contributed by atoms with E-state index in [2.05, 4.69) is 29.2 Å². The standard InChI is InChI=1S/C23H21N3O3S/c1-15-6-5-9-20-21(15)24-23(30-20)28-17-10-12-26(13-11-17)22(27)18-14-19(29-25-18)16-7-3-2-4-8-16/h2-9,14,17H,10-13H2,1H3. The van der Waals surface area contributed by atoms with Crippen LogP contribution in [0.15, 0.2) is 59.1 Å². The summed E-state index contributed by atoms with van der Waals surface area (Å²) < 4.78 is 12.6. The number of rotatable bonds is 4. The van der Waals surface area contributed by atoms with Gasteiger partial charge in [0.25, 0.3) is 11.1 Å². The molecule has 4 aromatic rings. The number of amides is 1. The summed E-state index contributed by atoms with van der Waals surface area (Å²) in [4.78, 5) is 19.3. The summed E-state index contributed by atoms with van der Waals surface area (Å²) in [6.07, 6.45) is 1.60. The Hall–Kier alpha value is -3.19. The van der Waals surface area contributed by atoms with Crippen LogP contribution in [-0.2, 0) is 0 Å². The molecule has 1 fully saturated rings. The Morgan fingerprint density at radius 3 is 2.70 bits per heavy atom. The molecule has 0 spiro atoms. The summed E-state index contributed by atoms with van der Waals surface area (Å²) in [5.41, 5.74) is 3.41. The molecule has 5 rings (SSSR count). The third-order valence-electron chi connectivity index (χ3n) is 5.39. The highest BCUT2D eigenvalue weighted by Crippen LogP contribution is 2.31. The van der Waals surface area contributed by atoms with E-state index in [1.165, 1.54) is 0 Å². The number of piperidine rings is 1. The lowest BCUT2D eigenvalue weighted by Crippen LogP contribution is -2.41. The molecule has 7 heteroatoms. The highest BCUT2D eigenvalue weighted by molar-refractivity contribution is 7.20. The number of hydrogen-bond acceptors (Lipinski definition) is 6. The van der Waals surface area contributed by atoms with E-state index in [-0.39, 0.29) is 12.0 Å². The number of benzene rings is 2. The summed E-state index contributed by atoms with van der Waals surface area (Å²) >= 11 is 1.57. The van der Waals surface area contributed by atoms with E-state index < -0.39 is 0 Å². The van der Waals surface area contributed by atoms with Gasteiger partial charge in [0.1, 0.15) is 6.10 Å². The Kier molecular flexibility index (Phi) is 4.96. The van der Waals surface area contributed by atoms with Gasteiger partial charge in [0.05, 0.1) is 10.2 Å². The molecule has 1 amide bonds. The molecule has 6 nitrogen and oxygen atoms in total. The third-order valence-corrected chi connectivity index (χ3v) is 6.30. The molecule has 0 N–H and O–H groups in total. The highest BCUT2D eigenvalue weighted by atomic mass is 32.1. The first-order valence-corrected chi connectivity index (χ1v) is 10.8. The van der Waals surface area contributed by atoms with Crippen LogP contribution in [0.5, 0.6) is 5.19 Å². The molecule has 1 aliphatic rings. The number of nitrogens with zero attached hydrogens (tertiary/aromatic N) is 3. The SMILES string of the molecule is Cc1cccc2sc(OC3CCN(C(=O)c4cc(-c5ccccc5)on4)CC3)nc12. The lowest BCUT2D eigenvalue weighted by molar-refractivity contribution is 0.0586. The van der Waals surface area contributed by atoms with Crippen molar-refractivity contribution in [2.24, 2.45) is 0 Å². The van der Waals surface area contributed by atoms with Gasteiger partial charge in [-0.3, -0.25) is 4.79 Å². The molecule has 0 radical (unpaired) electrons. The summed E-state index contributed by atoms with van der Waals surface area (Å²) in [5, 5.41) is 4.68. The number of ether oxygens (including phenoxy) is 1. The minimum Gasteiger partial charge on any atom is -0.467 e. The van der Waals surface area contributed by atoms with Crippen molar-refractivity contribution < 1.29 is 14.1 Å². The van der Waals surface area contributed by atoms with Gasteiger partial charge in [-0.25, -0.2) is 4.98 Å². The van der Waals surface area contributed by atoms with Crippen LogP contribution in [0, 0.1) is 6.92 Å². The first-order chi connectivity index (χ1) is 14.7. The fraction of sp³-hybridized carbons (Fsp3) is 0.261. The van der Waals surface area contributed by atoms with E-state index in [9.17, 15) is 4.79 Å². The van der Waals surface area contributed by atoms with Gasteiger partial charge in [-0.2, -0.15) is 0 Å². The van der Waals surface area contributed by atoms with Crippen molar-refractivity contribution in [1.29, 1.82) is 0 Å². The first kappa shape index (κ1) is 18.8. The molecule has 0 aliphatic carbocycles. The molecule has 2 aromatic heterocycles. The molecule has 1 saturated heterocycles. The Bertz CT molecular complexity index is 1180. The second kappa shape index (κ2) is 7.91. The average molecular weight is 420 g/mol. The zero-order valence-electron chi connectivity index (χ0n) is 16.6. The lowest BCUT2D eigenvalue weighted by atomic mass is 10.1. The van der Waals surface area contributed by atoms with Gasteiger partial charge < -0.3 is 14.2 Å². The zero-order chi connectivity index (χ0) is 20.5. The number of aryl methyl sites for hydroxylation is 1. The molecular weight excluding hydrogens is 398 g/mol. The van der Waals surface area contributed by atoms with Crippen LogP contribution < -0.4 is 4.74 Å². The van der Waals surface area contributed by atoms with E-state index in [1.807, 2.05) is 41.3 Å². The molecule has 2 aromatic carbocycles. The minimum atomic E-state index is -0.102. The third kappa shape index (κ3) is 3.68. The molecule has 1 aliphatic heterocycles. The number of carbonyl (C=O) groups is 1. The van der Waals surface area contributed by atoms with Gasteiger partial charge in [0.2, 0.25) is 0 Å². The van der Waals surface area contributed by atoms with Crippen molar-refractivity contribution in [3.05, 3.63) is 65.9 Å². The molecule has 0 atom stereocenters. The van der Waals surface area contributed by atoms with E-state index >= 15 is 0 Å². The van der Waals surface area contributed by atoms with Crippen molar-refractivity contribution in [1.82, 2.24) is 15.0 Å². The maximum atomic E-state index is 12.8. The highest BCUT2D eigenvalue weighted by Gasteiger charge is 2.27. The number of aromatic nitrogens is 2. The first-order valence-electron chi connectivity index (χ1n) is 10.0. The number of hydrogen-bond donors (Lipinski definition) is 0. The Labute approximate surface area is 178 Å². The summed E-state index contributed by atoms with van der Waals surface area (Å²) in [5.74, 6) is 0.498. The Morgan fingerprint density at radius 2 is 1.93 bits per heavy atom. The van der Waals surface area contributed by atoms with Crippen molar-refractivity contribution in [3.63, 3.8) is 0 Å². The Balaban J connectivity index is 1.21. The minimum absolute atomic E-state index is 0.0621. The van der Waals surface area contributed by atoms with Gasteiger partial charge in [0.15, 0.2) is 11.5 Å². The van der Waals surface area contributed by atoms with Gasteiger partial charge in [0, 0.05) is 37.6 Å². The quantitative estimate of drug-likeness (QED) is 0.468. The number of para-hydroxylation sites is 1. The van der Waals surface area contributed by atoms with Crippen LogP contribution in [0.1, 0.15) is 28.9 Å². The number of thiazole rings is 1. The van der Waals surface area contributed by atoms with E-state index in [1.54, 1.807) is 17.4 Å². The molecule has 30 heavy (non-hydrogen) atoms. The van der Waals surface area contributed by atoms with E-state index in [0.717, 1.165) is 34.2 Å². The smallest absolute Gasteiger partial charge is 0.276 e. The van der Waals surface area contributed by atoms with E-state index in [0.29, 0.717) is 29.7 Å². The second-order valence-electron chi connectivity index (χ2n) is 7.45. The maximum absolute atomic E-state index is 12.8.